The third-order valence-electron chi connectivity index (χ3n) is 6.23. The minimum atomic E-state index is -0.326. The van der Waals surface area contributed by atoms with Crippen molar-refractivity contribution in [3.05, 3.63) is 35.4 Å². The van der Waals surface area contributed by atoms with Gasteiger partial charge in [0.1, 0.15) is 6.10 Å². The molecule has 4 heteroatoms. The Hall–Kier alpha value is -1.97. The molecule has 4 nitrogen and oxygen atoms in total. The van der Waals surface area contributed by atoms with Crippen LogP contribution >= 0.6 is 0 Å². The molecule has 1 aliphatic carbocycles. The van der Waals surface area contributed by atoms with Crippen molar-refractivity contribution in [2.75, 3.05) is 6.79 Å². The summed E-state index contributed by atoms with van der Waals surface area (Å²) in [4.78, 5) is 13.1. The predicted molar refractivity (Wildman–Crippen MR) is 106 cm³/mol. The van der Waals surface area contributed by atoms with E-state index < -0.39 is 0 Å². The lowest BCUT2D eigenvalue weighted by molar-refractivity contribution is -0.159. The number of benzene rings is 1. The largest absolute Gasteiger partial charge is 0.457 e. The molecular formula is C23H32O4. The molecule has 0 amide bonds. The molecule has 148 valence electrons. The third kappa shape index (κ3) is 3.71. The molecule has 0 spiro atoms. The summed E-state index contributed by atoms with van der Waals surface area (Å²) in [5.41, 5.74) is 1.96. The van der Waals surface area contributed by atoms with Crippen LogP contribution in [0.2, 0.25) is 0 Å². The van der Waals surface area contributed by atoms with Crippen LogP contribution in [0, 0.1) is 22.7 Å². The number of carbonyl (C=O) groups excluding carboxylic acids is 1. The first-order valence-electron chi connectivity index (χ1n) is 9.83. The van der Waals surface area contributed by atoms with Gasteiger partial charge in [-0.1, -0.05) is 52.3 Å². The second-order valence-corrected chi connectivity index (χ2v) is 9.34. The summed E-state index contributed by atoms with van der Waals surface area (Å²) in [5, 5.41) is 0. The topological polar surface area (TPSA) is 44.8 Å². The van der Waals surface area contributed by atoms with E-state index in [9.17, 15) is 4.79 Å². The van der Waals surface area contributed by atoms with Crippen LogP contribution in [0.5, 0.6) is 11.5 Å². The van der Waals surface area contributed by atoms with Crippen molar-refractivity contribution in [2.24, 2.45) is 22.7 Å². The van der Waals surface area contributed by atoms with E-state index in [1.54, 1.807) is 0 Å². The Bertz CT molecular complexity index is 756. The Labute approximate surface area is 162 Å². The zero-order valence-electron chi connectivity index (χ0n) is 17.6. The molecule has 3 atom stereocenters. The van der Waals surface area contributed by atoms with Crippen LogP contribution in [0.1, 0.15) is 66.6 Å². The monoisotopic (exact) mass is 372 g/mol. The summed E-state index contributed by atoms with van der Waals surface area (Å²) >= 11 is 0. The first-order valence-corrected chi connectivity index (χ1v) is 9.83. The molecule has 27 heavy (non-hydrogen) atoms. The highest BCUT2D eigenvalue weighted by atomic mass is 16.7. The van der Waals surface area contributed by atoms with Gasteiger partial charge in [-0.05, 0) is 49.3 Å². The Morgan fingerprint density at radius 1 is 1.30 bits per heavy atom. The van der Waals surface area contributed by atoms with Gasteiger partial charge in [0.05, 0.1) is 5.92 Å². The van der Waals surface area contributed by atoms with Gasteiger partial charge in [-0.3, -0.25) is 4.79 Å². The quantitative estimate of drug-likeness (QED) is 0.476. The Morgan fingerprint density at radius 2 is 1.96 bits per heavy atom. The maximum atomic E-state index is 13.1. The van der Waals surface area contributed by atoms with E-state index in [-0.39, 0.29) is 41.5 Å². The molecule has 1 fully saturated rings. The average Bonchev–Trinajstić information content (AvgIpc) is 2.95. The van der Waals surface area contributed by atoms with Crippen molar-refractivity contribution < 1.29 is 19.0 Å². The van der Waals surface area contributed by atoms with Gasteiger partial charge in [0.2, 0.25) is 6.79 Å². The minimum absolute atomic E-state index is 0.0514. The molecule has 1 saturated carbocycles. The van der Waals surface area contributed by atoms with E-state index in [4.69, 9.17) is 14.2 Å². The summed E-state index contributed by atoms with van der Waals surface area (Å²) in [5.74, 6) is 1.51. The molecule has 1 aromatic carbocycles. The Balaban J connectivity index is 1.85. The first kappa shape index (κ1) is 19.8. The van der Waals surface area contributed by atoms with E-state index >= 15 is 0 Å². The van der Waals surface area contributed by atoms with E-state index in [1.165, 1.54) is 5.57 Å². The molecule has 0 saturated heterocycles. The average molecular weight is 373 g/mol. The highest BCUT2D eigenvalue weighted by Gasteiger charge is 2.61. The molecule has 3 unspecified atom stereocenters. The fourth-order valence-corrected chi connectivity index (χ4v) is 3.93. The van der Waals surface area contributed by atoms with E-state index in [0.29, 0.717) is 0 Å². The van der Waals surface area contributed by atoms with Crippen LogP contribution in [0.25, 0.3) is 0 Å². The van der Waals surface area contributed by atoms with Crippen LogP contribution in [0.4, 0.5) is 0 Å². The predicted octanol–water partition coefficient (Wildman–Crippen LogP) is 5.67. The number of fused-ring (bicyclic) bond motifs is 1. The summed E-state index contributed by atoms with van der Waals surface area (Å²) in [6.07, 6.45) is 2.77. The number of hydrogen-bond donors (Lipinski definition) is 0. The van der Waals surface area contributed by atoms with Crippen LogP contribution in [-0.4, -0.2) is 12.8 Å². The third-order valence-corrected chi connectivity index (χ3v) is 6.23. The number of carbonyl (C=O) groups is 1. The van der Waals surface area contributed by atoms with E-state index in [1.807, 2.05) is 18.2 Å². The number of allylic oxidation sites excluding steroid dienone is 2. The van der Waals surface area contributed by atoms with Crippen molar-refractivity contribution in [1.29, 1.82) is 0 Å². The SMILES string of the molecule is CCC(C)(C)C(OC(=O)C1C(C=C(C)C)C1(C)C)c1ccc2c(c1)OCO2. The summed E-state index contributed by atoms with van der Waals surface area (Å²) < 4.78 is 17.1. The number of hydrogen-bond acceptors (Lipinski definition) is 4. The van der Waals surface area contributed by atoms with Crippen molar-refractivity contribution >= 4 is 5.97 Å². The normalized spacial score (nSPS) is 23.5. The van der Waals surface area contributed by atoms with Gasteiger partial charge in [0.25, 0.3) is 0 Å². The maximum absolute atomic E-state index is 13.1. The van der Waals surface area contributed by atoms with Crippen LogP contribution < -0.4 is 9.47 Å². The number of ether oxygens (including phenoxy) is 3. The molecule has 0 bridgehead atoms. The number of esters is 1. The van der Waals surface area contributed by atoms with Crippen molar-refractivity contribution in [1.82, 2.24) is 0 Å². The van der Waals surface area contributed by atoms with Gasteiger partial charge in [-0.25, -0.2) is 0 Å². The fraction of sp³-hybridized carbons (Fsp3) is 0.609. The van der Waals surface area contributed by atoms with Gasteiger partial charge in [-0.2, -0.15) is 0 Å². The van der Waals surface area contributed by atoms with Crippen molar-refractivity contribution in [3.8, 4) is 11.5 Å². The van der Waals surface area contributed by atoms with E-state index in [0.717, 1.165) is 23.5 Å². The Morgan fingerprint density at radius 3 is 2.59 bits per heavy atom. The van der Waals surface area contributed by atoms with Crippen LogP contribution in [0.15, 0.2) is 29.8 Å². The highest BCUT2D eigenvalue weighted by molar-refractivity contribution is 5.78. The second kappa shape index (κ2) is 6.88. The van der Waals surface area contributed by atoms with Gasteiger partial charge in [0.15, 0.2) is 11.5 Å². The van der Waals surface area contributed by atoms with Crippen LogP contribution in [-0.2, 0) is 9.53 Å². The molecule has 1 heterocycles. The maximum Gasteiger partial charge on any atom is 0.310 e. The molecule has 3 rings (SSSR count). The minimum Gasteiger partial charge on any atom is -0.457 e. The molecule has 0 aromatic heterocycles. The zero-order valence-corrected chi connectivity index (χ0v) is 17.6. The summed E-state index contributed by atoms with van der Waals surface area (Å²) in [6.45, 7) is 15.1. The number of rotatable bonds is 6. The molecule has 0 N–H and O–H groups in total. The van der Waals surface area contributed by atoms with Crippen LogP contribution in [0.3, 0.4) is 0 Å². The lowest BCUT2D eigenvalue weighted by Gasteiger charge is -2.33. The second-order valence-electron chi connectivity index (χ2n) is 9.34. The fourth-order valence-electron chi connectivity index (χ4n) is 3.93. The molecule has 0 radical (unpaired) electrons. The smallest absolute Gasteiger partial charge is 0.310 e. The molecular weight excluding hydrogens is 340 g/mol. The van der Waals surface area contributed by atoms with Gasteiger partial charge >= 0.3 is 5.97 Å². The molecule has 1 aromatic rings. The van der Waals surface area contributed by atoms with Gasteiger partial charge in [-0.15, -0.1) is 0 Å². The van der Waals surface area contributed by atoms with E-state index in [2.05, 4.69) is 54.5 Å². The van der Waals surface area contributed by atoms with Crippen molar-refractivity contribution in [3.63, 3.8) is 0 Å². The zero-order chi connectivity index (χ0) is 20.0. The lowest BCUT2D eigenvalue weighted by atomic mass is 9.80. The van der Waals surface area contributed by atoms with Gasteiger partial charge < -0.3 is 14.2 Å². The highest BCUT2D eigenvalue weighted by Crippen LogP contribution is 2.60. The van der Waals surface area contributed by atoms with Gasteiger partial charge in [0, 0.05) is 5.41 Å². The standard InChI is InChI=1S/C23H32O4/c1-8-22(4,5)20(15-9-10-17-18(12-15)26-13-25-17)27-21(24)19-16(11-14(2)3)23(19,6)7/h9-12,16,19-20H,8,13H2,1-7H3. The van der Waals surface area contributed by atoms with Crippen molar-refractivity contribution in [2.45, 2.75) is 61.0 Å². The molecule has 2 aliphatic rings. The first-order chi connectivity index (χ1) is 12.6. The Kier molecular flexibility index (Phi) is 5.04. The summed E-state index contributed by atoms with van der Waals surface area (Å²) in [6, 6.07) is 5.83. The lowest BCUT2D eigenvalue weighted by Crippen LogP contribution is -2.27. The molecule has 1 aliphatic heterocycles. The summed E-state index contributed by atoms with van der Waals surface area (Å²) in [7, 11) is 0.